The lowest BCUT2D eigenvalue weighted by Crippen LogP contribution is -3.00. The lowest BCUT2D eigenvalue weighted by Gasteiger charge is -2.30. The fourth-order valence-electron chi connectivity index (χ4n) is 3.36. The summed E-state index contributed by atoms with van der Waals surface area (Å²) in [5.74, 6) is 0. The van der Waals surface area contributed by atoms with Gasteiger partial charge < -0.3 is 9.19 Å². The molecule has 0 radical (unpaired) electrons. The van der Waals surface area contributed by atoms with Crippen molar-refractivity contribution in [2.45, 2.75) is 84.1 Å². The van der Waals surface area contributed by atoms with E-state index >= 15 is 0 Å². The molecule has 1 rings (SSSR count). The number of nitrogens with zero attached hydrogens (tertiary/aromatic N) is 1. The summed E-state index contributed by atoms with van der Waals surface area (Å²) in [5, 5.41) is 0. The monoisotopic (exact) mass is 337 g/mol. The zero-order valence-electron chi connectivity index (χ0n) is 16.4. The summed E-state index contributed by atoms with van der Waals surface area (Å²) in [5.41, 5.74) is 1.46. The van der Waals surface area contributed by atoms with E-state index in [1.54, 1.807) is 0 Å². The Kier molecular flexibility index (Phi) is 13.9. The van der Waals surface area contributed by atoms with E-state index in [0.29, 0.717) is 0 Å². The van der Waals surface area contributed by atoms with Crippen LogP contribution in [0.2, 0.25) is 0 Å². The first kappa shape index (κ1) is 23.1. The largest absolute Gasteiger partial charge is 1.00 e. The normalized spacial score (nSPS) is 11.3. The second kappa shape index (κ2) is 14.5. The Morgan fingerprint density at radius 3 is 1.62 bits per heavy atom. The first-order valence-electron chi connectivity index (χ1n) is 10.00. The van der Waals surface area contributed by atoms with Crippen molar-refractivity contribution in [2.75, 3.05) is 20.6 Å². The van der Waals surface area contributed by atoms with Gasteiger partial charge in [0.25, 0.3) is 0 Å². The maximum absolute atomic E-state index is 2.36. The van der Waals surface area contributed by atoms with Gasteiger partial charge in [-0.2, -0.15) is 0 Å². The van der Waals surface area contributed by atoms with Crippen molar-refractivity contribution < 1.29 is 9.19 Å². The molecule has 0 aliphatic heterocycles. The molecule has 0 fully saturated rings. The Hall–Kier alpha value is -0.890. The molecule has 0 bridgehead atoms. The smallest absolute Gasteiger partial charge is 0.104 e. The minimum absolute atomic E-state index is 0. The van der Waals surface area contributed by atoms with Gasteiger partial charge in [0.2, 0.25) is 0 Å². The summed E-state index contributed by atoms with van der Waals surface area (Å²) in [6.45, 7) is 4.74. The van der Waals surface area contributed by atoms with Crippen LogP contribution in [0.1, 0.15) is 83.1 Å². The van der Waals surface area contributed by atoms with Gasteiger partial charge in [0.05, 0.1) is 20.6 Å². The number of unbranched alkanes of at least 4 members (excludes halogenated alkanes) is 10. The number of hydrogen-bond acceptors (Lipinski definition) is 0. The van der Waals surface area contributed by atoms with Crippen LogP contribution in [0, 0.1) is 0 Å². The third kappa shape index (κ3) is 12.5. The zero-order chi connectivity index (χ0) is 16.8. The highest BCUT2D eigenvalue weighted by molar-refractivity contribution is 5.13. The average molecular weight is 338 g/mol. The molecule has 2 heteroatoms. The molecule has 24 heavy (non-hydrogen) atoms. The van der Waals surface area contributed by atoms with Crippen LogP contribution >= 0.6 is 0 Å². The SMILES string of the molecule is CCCCCCCCCCCCC[N+](C)(C)Cc1ccccc1.[F-]. The molecule has 0 heterocycles. The molecule has 0 unspecified atom stereocenters. The van der Waals surface area contributed by atoms with Crippen molar-refractivity contribution in [2.24, 2.45) is 0 Å². The van der Waals surface area contributed by atoms with Crippen LogP contribution in [0.15, 0.2) is 30.3 Å². The van der Waals surface area contributed by atoms with Crippen LogP contribution in [-0.2, 0) is 6.54 Å². The first-order valence-corrected chi connectivity index (χ1v) is 10.00. The summed E-state index contributed by atoms with van der Waals surface area (Å²) < 4.78 is 1.11. The van der Waals surface area contributed by atoms with Gasteiger partial charge in [0.15, 0.2) is 0 Å². The molecule has 0 saturated carbocycles. The predicted octanol–water partition coefficient (Wildman–Crippen LogP) is 3.58. The van der Waals surface area contributed by atoms with Gasteiger partial charge in [-0.25, -0.2) is 0 Å². The molecular weight excluding hydrogens is 297 g/mol. The third-order valence-electron chi connectivity index (χ3n) is 4.82. The first-order chi connectivity index (χ1) is 11.1. The highest BCUT2D eigenvalue weighted by atomic mass is 19.0. The molecule has 0 aliphatic carbocycles. The van der Waals surface area contributed by atoms with Gasteiger partial charge in [-0.05, 0) is 12.8 Å². The molecule has 0 amide bonds. The van der Waals surface area contributed by atoms with E-state index in [-0.39, 0.29) is 4.70 Å². The summed E-state index contributed by atoms with van der Waals surface area (Å²) in [6.07, 6.45) is 15.7. The minimum Gasteiger partial charge on any atom is -1.00 e. The van der Waals surface area contributed by atoms with E-state index in [2.05, 4.69) is 51.4 Å². The second-order valence-electron chi connectivity index (χ2n) is 7.84. The van der Waals surface area contributed by atoms with Crippen LogP contribution in [0.3, 0.4) is 0 Å². The van der Waals surface area contributed by atoms with Gasteiger partial charge in [0.1, 0.15) is 6.54 Å². The summed E-state index contributed by atoms with van der Waals surface area (Å²) >= 11 is 0. The lowest BCUT2D eigenvalue weighted by molar-refractivity contribution is -0.903. The standard InChI is InChI=1S/C22H40N.FH/c1-4-5-6-7-8-9-10-11-12-13-17-20-23(2,3)21-22-18-15-14-16-19-22;/h14-16,18-19H,4-13,17,20-21H2,1-3H3;1H/q+1;/p-1. The second-order valence-corrected chi connectivity index (χ2v) is 7.84. The molecular formula is C22H40FN. The molecule has 140 valence electrons. The van der Waals surface area contributed by atoms with E-state index in [1.807, 2.05) is 0 Å². The number of hydrogen-bond donors (Lipinski definition) is 0. The maximum atomic E-state index is 2.36. The van der Waals surface area contributed by atoms with E-state index < -0.39 is 0 Å². The predicted molar refractivity (Wildman–Crippen MR) is 104 cm³/mol. The van der Waals surface area contributed by atoms with Crippen molar-refractivity contribution in [1.82, 2.24) is 0 Å². The Bertz CT molecular complexity index is 375. The lowest BCUT2D eigenvalue weighted by atomic mass is 10.1. The Balaban J connectivity index is 0.00000529. The third-order valence-corrected chi connectivity index (χ3v) is 4.82. The maximum Gasteiger partial charge on any atom is 0.104 e. The van der Waals surface area contributed by atoms with Gasteiger partial charge in [-0.15, -0.1) is 0 Å². The highest BCUT2D eigenvalue weighted by Crippen LogP contribution is 2.14. The van der Waals surface area contributed by atoms with E-state index in [9.17, 15) is 0 Å². The van der Waals surface area contributed by atoms with Gasteiger partial charge in [-0.3, -0.25) is 0 Å². The molecule has 0 saturated heterocycles. The number of halogens is 1. The fraction of sp³-hybridized carbons (Fsp3) is 0.727. The van der Waals surface area contributed by atoms with Gasteiger partial charge in [-0.1, -0.05) is 95.0 Å². The minimum atomic E-state index is 0. The Morgan fingerprint density at radius 1 is 0.667 bits per heavy atom. The Labute approximate surface area is 150 Å². The summed E-state index contributed by atoms with van der Waals surface area (Å²) in [4.78, 5) is 0. The molecule has 0 aliphatic rings. The van der Waals surface area contributed by atoms with Crippen molar-refractivity contribution in [1.29, 1.82) is 0 Å². The van der Waals surface area contributed by atoms with Gasteiger partial charge in [0, 0.05) is 5.56 Å². The van der Waals surface area contributed by atoms with Crippen molar-refractivity contribution in [3.8, 4) is 0 Å². The number of quaternary nitrogens is 1. The zero-order valence-corrected chi connectivity index (χ0v) is 16.4. The quantitative estimate of drug-likeness (QED) is 0.360. The van der Waals surface area contributed by atoms with Crippen molar-refractivity contribution in [3.05, 3.63) is 35.9 Å². The molecule has 0 atom stereocenters. The Morgan fingerprint density at radius 2 is 1.12 bits per heavy atom. The van der Waals surface area contributed by atoms with Crippen LogP contribution < -0.4 is 4.70 Å². The average Bonchev–Trinajstić information content (AvgIpc) is 2.53. The van der Waals surface area contributed by atoms with Crippen LogP contribution in [0.5, 0.6) is 0 Å². The van der Waals surface area contributed by atoms with E-state index in [1.165, 1.54) is 82.7 Å². The molecule has 1 aromatic rings. The van der Waals surface area contributed by atoms with Crippen LogP contribution in [-0.4, -0.2) is 25.1 Å². The molecule has 0 spiro atoms. The number of benzene rings is 1. The van der Waals surface area contributed by atoms with E-state index in [0.717, 1.165) is 11.0 Å². The van der Waals surface area contributed by atoms with Crippen molar-refractivity contribution in [3.63, 3.8) is 0 Å². The highest BCUT2D eigenvalue weighted by Gasteiger charge is 2.14. The topological polar surface area (TPSA) is 0 Å². The summed E-state index contributed by atoms with van der Waals surface area (Å²) in [6, 6.07) is 10.9. The van der Waals surface area contributed by atoms with Gasteiger partial charge >= 0.3 is 0 Å². The van der Waals surface area contributed by atoms with E-state index in [4.69, 9.17) is 0 Å². The van der Waals surface area contributed by atoms with Crippen LogP contribution in [0.25, 0.3) is 0 Å². The van der Waals surface area contributed by atoms with Crippen molar-refractivity contribution >= 4 is 0 Å². The molecule has 1 aromatic carbocycles. The van der Waals surface area contributed by atoms with Crippen LogP contribution in [0.4, 0.5) is 0 Å². The number of rotatable bonds is 14. The molecule has 1 nitrogen and oxygen atoms in total. The fourth-order valence-corrected chi connectivity index (χ4v) is 3.36. The molecule has 0 N–H and O–H groups in total. The summed E-state index contributed by atoms with van der Waals surface area (Å²) in [7, 11) is 4.73. The molecule has 0 aromatic heterocycles.